The zero-order chi connectivity index (χ0) is 18.8. The number of likely N-dealkylation sites (N-methyl/N-ethyl adjacent to an activating group) is 1. The highest BCUT2D eigenvalue weighted by Crippen LogP contribution is 2.26. The number of aryl methyl sites for hydroxylation is 1. The number of fused-ring (bicyclic) bond motifs is 1. The van der Waals surface area contributed by atoms with Crippen LogP contribution in [-0.4, -0.2) is 36.4 Å². The normalized spacial score (nSPS) is 11.3. The van der Waals surface area contributed by atoms with E-state index in [2.05, 4.69) is 15.2 Å². The van der Waals surface area contributed by atoms with Crippen molar-refractivity contribution in [2.45, 2.75) is 13.3 Å². The Labute approximate surface area is 150 Å². The molecule has 0 saturated carbocycles. The number of hydrogen-bond acceptors (Lipinski definition) is 2. The van der Waals surface area contributed by atoms with E-state index in [1.165, 1.54) is 11.6 Å². The molecule has 3 rings (SSSR count). The van der Waals surface area contributed by atoms with Gasteiger partial charge in [-0.2, -0.15) is 0 Å². The van der Waals surface area contributed by atoms with Gasteiger partial charge in [-0.15, -0.1) is 0 Å². The SMILES string of the molecule is Cc1[nH]c2ccc(NC(=O)c3ccc(F)c(F)c3)cc2c1CCN(C)C. The second-order valence-electron chi connectivity index (χ2n) is 6.63. The van der Waals surface area contributed by atoms with E-state index in [9.17, 15) is 13.6 Å². The van der Waals surface area contributed by atoms with Crippen LogP contribution in [0.1, 0.15) is 21.6 Å². The molecule has 0 radical (unpaired) electrons. The number of hydrogen-bond donors (Lipinski definition) is 2. The average Bonchev–Trinajstić information content (AvgIpc) is 2.90. The Kier molecular flexibility index (Phi) is 5.04. The minimum atomic E-state index is -1.04. The van der Waals surface area contributed by atoms with Crippen molar-refractivity contribution in [1.29, 1.82) is 0 Å². The van der Waals surface area contributed by atoms with E-state index in [-0.39, 0.29) is 5.56 Å². The number of nitrogens with one attached hydrogen (secondary N) is 2. The maximum Gasteiger partial charge on any atom is 0.255 e. The minimum Gasteiger partial charge on any atom is -0.358 e. The highest BCUT2D eigenvalue weighted by molar-refractivity contribution is 6.05. The summed E-state index contributed by atoms with van der Waals surface area (Å²) in [5.41, 5.74) is 3.99. The van der Waals surface area contributed by atoms with E-state index in [4.69, 9.17) is 0 Å². The van der Waals surface area contributed by atoms with Gasteiger partial charge < -0.3 is 15.2 Å². The molecule has 1 aromatic heterocycles. The van der Waals surface area contributed by atoms with Crippen LogP contribution < -0.4 is 5.32 Å². The summed E-state index contributed by atoms with van der Waals surface area (Å²) in [7, 11) is 4.05. The van der Waals surface area contributed by atoms with Crippen LogP contribution in [0, 0.1) is 18.6 Å². The first kappa shape index (κ1) is 18.1. The van der Waals surface area contributed by atoms with Gasteiger partial charge in [-0.1, -0.05) is 0 Å². The second kappa shape index (κ2) is 7.25. The lowest BCUT2D eigenvalue weighted by atomic mass is 10.1. The van der Waals surface area contributed by atoms with Gasteiger partial charge in [0.2, 0.25) is 0 Å². The van der Waals surface area contributed by atoms with E-state index >= 15 is 0 Å². The first-order valence-electron chi connectivity index (χ1n) is 8.37. The molecule has 0 aliphatic rings. The number of nitrogens with zero attached hydrogens (tertiary/aromatic N) is 1. The zero-order valence-electron chi connectivity index (χ0n) is 15.0. The van der Waals surface area contributed by atoms with Crippen molar-refractivity contribution in [3.8, 4) is 0 Å². The summed E-state index contributed by atoms with van der Waals surface area (Å²) in [5.74, 6) is -2.50. The molecule has 0 saturated heterocycles. The second-order valence-corrected chi connectivity index (χ2v) is 6.63. The summed E-state index contributed by atoms with van der Waals surface area (Å²) < 4.78 is 26.4. The van der Waals surface area contributed by atoms with Crippen molar-refractivity contribution < 1.29 is 13.6 Å². The third-order valence-electron chi connectivity index (χ3n) is 4.37. The lowest BCUT2D eigenvalue weighted by molar-refractivity contribution is 0.102. The van der Waals surface area contributed by atoms with Crippen LogP contribution in [0.15, 0.2) is 36.4 Å². The summed E-state index contributed by atoms with van der Waals surface area (Å²) in [6, 6.07) is 8.69. The molecule has 0 fully saturated rings. The van der Waals surface area contributed by atoms with Gasteiger partial charge in [0.25, 0.3) is 5.91 Å². The number of carbonyl (C=O) groups is 1. The van der Waals surface area contributed by atoms with Gasteiger partial charge in [0.15, 0.2) is 11.6 Å². The first-order valence-corrected chi connectivity index (χ1v) is 8.37. The molecule has 0 aliphatic heterocycles. The third-order valence-corrected chi connectivity index (χ3v) is 4.37. The Morgan fingerprint density at radius 2 is 1.88 bits per heavy atom. The number of aromatic amines is 1. The molecule has 6 heteroatoms. The Morgan fingerprint density at radius 3 is 2.58 bits per heavy atom. The molecule has 2 aromatic carbocycles. The molecule has 1 amide bonds. The number of aromatic nitrogens is 1. The molecule has 0 aliphatic carbocycles. The van der Waals surface area contributed by atoms with E-state index < -0.39 is 17.5 Å². The maximum atomic E-state index is 13.3. The van der Waals surface area contributed by atoms with E-state index in [0.29, 0.717) is 5.69 Å². The predicted molar refractivity (Wildman–Crippen MR) is 99.6 cm³/mol. The van der Waals surface area contributed by atoms with E-state index in [0.717, 1.165) is 41.7 Å². The molecular weight excluding hydrogens is 336 g/mol. The lowest BCUT2D eigenvalue weighted by Gasteiger charge is -2.10. The first-order chi connectivity index (χ1) is 12.3. The van der Waals surface area contributed by atoms with Crippen molar-refractivity contribution in [3.05, 3.63) is 64.9 Å². The highest BCUT2D eigenvalue weighted by atomic mass is 19.2. The Hall–Kier alpha value is -2.73. The van der Waals surface area contributed by atoms with Crippen LogP contribution in [0.2, 0.25) is 0 Å². The summed E-state index contributed by atoms with van der Waals surface area (Å²) in [6.45, 7) is 2.95. The molecule has 136 valence electrons. The monoisotopic (exact) mass is 357 g/mol. The van der Waals surface area contributed by atoms with Gasteiger partial charge in [0.1, 0.15) is 0 Å². The molecule has 1 heterocycles. The summed E-state index contributed by atoms with van der Waals surface area (Å²) in [4.78, 5) is 17.8. The average molecular weight is 357 g/mol. The third kappa shape index (κ3) is 3.75. The fraction of sp³-hybridized carbons (Fsp3) is 0.250. The molecule has 2 N–H and O–H groups in total. The van der Waals surface area contributed by atoms with Crippen molar-refractivity contribution in [1.82, 2.24) is 9.88 Å². The van der Waals surface area contributed by atoms with Gasteiger partial charge in [0, 0.05) is 34.4 Å². The molecule has 3 aromatic rings. The van der Waals surface area contributed by atoms with Crippen LogP contribution in [0.3, 0.4) is 0 Å². The van der Waals surface area contributed by atoms with Crippen molar-refractivity contribution >= 4 is 22.5 Å². The van der Waals surface area contributed by atoms with Crippen LogP contribution in [0.5, 0.6) is 0 Å². The number of carbonyl (C=O) groups excluding carboxylic acids is 1. The number of benzene rings is 2. The summed E-state index contributed by atoms with van der Waals surface area (Å²) in [6.07, 6.45) is 0.888. The molecule has 0 unspecified atom stereocenters. The summed E-state index contributed by atoms with van der Waals surface area (Å²) in [5, 5.41) is 3.79. The van der Waals surface area contributed by atoms with E-state index in [1.54, 1.807) is 6.07 Å². The largest absolute Gasteiger partial charge is 0.358 e. The fourth-order valence-electron chi connectivity index (χ4n) is 2.96. The van der Waals surface area contributed by atoms with Crippen LogP contribution in [0.25, 0.3) is 10.9 Å². The van der Waals surface area contributed by atoms with Gasteiger partial charge in [-0.3, -0.25) is 4.79 Å². The van der Waals surface area contributed by atoms with Crippen molar-refractivity contribution in [3.63, 3.8) is 0 Å². The maximum absolute atomic E-state index is 13.3. The molecular formula is C20H21F2N3O. The lowest BCUT2D eigenvalue weighted by Crippen LogP contribution is -2.15. The van der Waals surface area contributed by atoms with Gasteiger partial charge >= 0.3 is 0 Å². The number of anilines is 1. The van der Waals surface area contributed by atoms with Crippen molar-refractivity contribution in [2.75, 3.05) is 26.0 Å². The molecule has 0 spiro atoms. The number of rotatable bonds is 5. The Morgan fingerprint density at radius 1 is 1.12 bits per heavy atom. The number of H-pyrrole nitrogens is 1. The van der Waals surface area contributed by atoms with Crippen LogP contribution >= 0.6 is 0 Å². The van der Waals surface area contributed by atoms with Gasteiger partial charge in [-0.25, -0.2) is 8.78 Å². The van der Waals surface area contributed by atoms with Gasteiger partial charge in [0.05, 0.1) is 0 Å². The van der Waals surface area contributed by atoms with Gasteiger partial charge in [-0.05, 0) is 69.4 Å². The topological polar surface area (TPSA) is 48.1 Å². The molecule has 0 bridgehead atoms. The summed E-state index contributed by atoms with van der Waals surface area (Å²) >= 11 is 0. The smallest absolute Gasteiger partial charge is 0.255 e. The number of amides is 1. The standard InChI is InChI=1S/C20H21F2N3O/c1-12-15(8-9-25(2)3)16-11-14(5-7-19(16)23-12)24-20(26)13-4-6-17(21)18(22)10-13/h4-7,10-11,23H,8-9H2,1-3H3,(H,24,26). The predicted octanol–water partition coefficient (Wildman–Crippen LogP) is 4.11. The van der Waals surface area contributed by atoms with Crippen LogP contribution in [-0.2, 0) is 6.42 Å². The molecule has 4 nitrogen and oxygen atoms in total. The molecule has 26 heavy (non-hydrogen) atoms. The highest BCUT2D eigenvalue weighted by Gasteiger charge is 2.13. The minimum absolute atomic E-state index is 0.0714. The molecule has 0 atom stereocenters. The van der Waals surface area contributed by atoms with Crippen LogP contribution in [0.4, 0.5) is 14.5 Å². The zero-order valence-corrected chi connectivity index (χ0v) is 15.0. The quantitative estimate of drug-likeness (QED) is 0.722. The Balaban J connectivity index is 1.87. The number of halogens is 2. The van der Waals surface area contributed by atoms with E-state index in [1.807, 2.05) is 33.2 Å². The fourth-order valence-corrected chi connectivity index (χ4v) is 2.96. The Bertz CT molecular complexity index is 963. The van der Waals surface area contributed by atoms with Crippen molar-refractivity contribution in [2.24, 2.45) is 0 Å².